The van der Waals surface area contributed by atoms with E-state index in [0.29, 0.717) is 11.3 Å². The molecule has 0 spiro atoms. The minimum Gasteiger partial charge on any atom is -0.496 e. The number of thiazole rings is 1. The molecule has 0 saturated heterocycles. The first-order valence-corrected chi connectivity index (χ1v) is 10.3. The number of rotatable bonds is 6. The van der Waals surface area contributed by atoms with Crippen molar-refractivity contribution in [2.75, 3.05) is 19.0 Å². The number of anilines is 1. The zero-order valence-electron chi connectivity index (χ0n) is 15.1. The second-order valence-electron chi connectivity index (χ2n) is 6.19. The lowest BCUT2D eigenvalue weighted by Gasteiger charge is -2.09. The van der Waals surface area contributed by atoms with E-state index in [4.69, 9.17) is 9.72 Å². The Bertz CT molecular complexity index is 1120. The van der Waals surface area contributed by atoms with Gasteiger partial charge in [0.1, 0.15) is 10.8 Å². The van der Waals surface area contributed by atoms with Crippen molar-refractivity contribution in [3.63, 3.8) is 0 Å². The van der Waals surface area contributed by atoms with Gasteiger partial charge >= 0.3 is 0 Å². The summed E-state index contributed by atoms with van der Waals surface area (Å²) in [5.41, 5.74) is 3.55. The number of carbonyl (C=O) groups excluding carboxylic acids is 1. The molecule has 1 heterocycles. The van der Waals surface area contributed by atoms with Crippen LogP contribution in [0.2, 0.25) is 0 Å². The number of halogens is 1. The van der Waals surface area contributed by atoms with Gasteiger partial charge in [0.2, 0.25) is 0 Å². The van der Waals surface area contributed by atoms with Crippen molar-refractivity contribution in [3.8, 4) is 16.3 Å². The molecule has 0 aliphatic rings. The lowest BCUT2D eigenvalue weighted by Crippen LogP contribution is -2.14. The van der Waals surface area contributed by atoms with Crippen LogP contribution in [0.5, 0.6) is 5.75 Å². The third kappa shape index (κ3) is 3.93. The maximum absolute atomic E-state index is 12.5. The maximum atomic E-state index is 12.5. The lowest BCUT2D eigenvalue weighted by atomic mass is 10.1. The average molecular weight is 453 g/mol. The van der Waals surface area contributed by atoms with Gasteiger partial charge < -0.3 is 10.1 Å². The van der Waals surface area contributed by atoms with Gasteiger partial charge in [-0.2, -0.15) is 0 Å². The molecule has 0 fully saturated rings. The lowest BCUT2D eigenvalue weighted by molar-refractivity contribution is 0.101. The molecule has 140 valence electrons. The van der Waals surface area contributed by atoms with E-state index in [1.54, 1.807) is 36.6 Å². The van der Waals surface area contributed by atoms with Gasteiger partial charge in [-0.05, 0) is 58.4 Å². The fourth-order valence-corrected chi connectivity index (χ4v) is 4.38. The van der Waals surface area contributed by atoms with Crippen molar-refractivity contribution in [1.29, 1.82) is 0 Å². The summed E-state index contributed by atoms with van der Waals surface area (Å²) in [6.07, 6.45) is 0. The van der Waals surface area contributed by atoms with Crippen LogP contribution in [-0.2, 0) is 0 Å². The van der Waals surface area contributed by atoms with Gasteiger partial charge in [0.05, 0.1) is 28.3 Å². The van der Waals surface area contributed by atoms with E-state index in [0.717, 1.165) is 30.9 Å². The first-order valence-electron chi connectivity index (χ1n) is 8.70. The molecular weight excluding hydrogens is 436 g/mol. The molecule has 0 amide bonds. The Hall–Kier alpha value is -2.70. The molecule has 4 rings (SSSR count). The SMILES string of the molecule is COc1ccc(C(=O)CNc2cccc(-c3nc4ccccc4s3)c2)cc1Br. The molecule has 28 heavy (non-hydrogen) atoms. The third-order valence-corrected chi connectivity index (χ3v) is 6.04. The number of Topliss-reactive ketones (excluding diaryl/α,β-unsaturated/α-hetero) is 1. The molecular formula is C22H17BrN2O2S. The molecule has 0 aliphatic carbocycles. The van der Waals surface area contributed by atoms with Crippen LogP contribution < -0.4 is 10.1 Å². The van der Waals surface area contributed by atoms with Crippen LogP contribution in [0.4, 0.5) is 5.69 Å². The van der Waals surface area contributed by atoms with Crippen molar-refractivity contribution in [3.05, 3.63) is 76.8 Å². The molecule has 6 heteroatoms. The highest BCUT2D eigenvalue weighted by Crippen LogP contribution is 2.31. The summed E-state index contributed by atoms with van der Waals surface area (Å²) in [4.78, 5) is 17.2. The van der Waals surface area contributed by atoms with Crippen LogP contribution in [0.1, 0.15) is 10.4 Å². The highest BCUT2D eigenvalue weighted by molar-refractivity contribution is 9.10. The van der Waals surface area contributed by atoms with E-state index in [-0.39, 0.29) is 12.3 Å². The normalized spacial score (nSPS) is 10.8. The summed E-state index contributed by atoms with van der Waals surface area (Å²) in [6, 6.07) is 21.4. The number of ether oxygens (including phenoxy) is 1. The molecule has 0 atom stereocenters. The number of nitrogens with zero attached hydrogens (tertiary/aromatic N) is 1. The van der Waals surface area contributed by atoms with Crippen molar-refractivity contribution in [2.45, 2.75) is 0 Å². The topological polar surface area (TPSA) is 51.2 Å². The molecule has 0 saturated carbocycles. The molecule has 1 N–H and O–H groups in total. The number of carbonyl (C=O) groups is 1. The molecule has 1 aromatic heterocycles. The Kier molecular flexibility index (Phi) is 5.41. The van der Waals surface area contributed by atoms with Crippen molar-refractivity contribution in [2.24, 2.45) is 0 Å². The minimum absolute atomic E-state index is 0.00810. The van der Waals surface area contributed by atoms with E-state index < -0.39 is 0 Å². The molecule has 0 radical (unpaired) electrons. The zero-order chi connectivity index (χ0) is 19.5. The van der Waals surface area contributed by atoms with Crippen LogP contribution in [0.25, 0.3) is 20.8 Å². The van der Waals surface area contributed by atoms with E-state index in [1.807, 2.05) is 42.5 Å². The summed E-state index contributed by atoms with van der Waals surface area (Å²) in [6.45, 7) is 0.210. The Balaban J connectivity index is 1.49. The summed E-state index contributed by atoms with van der Waals surface area (Å²) >= 11 is 5.08. The third-order valence-electron chi connectivity index (χ3n) is 4.33. The van der Waals surface area contributed by atoms with E-state index in [9.17, 15) is 4.79 Å². The Morgan fingerprint density at radius 2 is 1.96 bits per heavy atom. The van der Waals surface area contributed by atoms with Crippen LogP contribution in [-0.4, -0.2) is 24.4 Å². The second-order valence-corrected chi connectivity index (χ2v) is 8.08. The number of ketones is 1. The van der Waals surface area contributed by atoms with Crippen LogP contribution in [0.15, 0.2) is 71.2 Å². The smallest absolute Gasteiger partial charge is 0.181 e. The number of methoxy groups -OCH3 is 1. The largest absolute Gasteiger partial charge is 0.496 e. The summed E-state index contributed by atoms with van der Waals surface area (Å²) < 4.78 is 7.13. The van der Waals surface area contributed by atoms with Gasteiger partial charge in [0, 0.05) is 16.8 Å². The first-order chi connectivity index (χ1) is 13.6. The number of benzene rings is 3. The van der Waals surface area contributed by atoms with Gasteiger partial charge in [0.15, 0.2) is 5.78 Å². The van der Waals surface area contributed by atoms with E-state index >= 15 is 0 Å². The van der Waals surface area contributed by atoms with Gasteiger partial charge in [0.25, 0.3) is 0 Å². The quantitative estimate of drug-likeness (QED) is 0.362. The van der Waals surface area contributed by atoms with Gasteiger partial charge in [-0.3, -0.25) is 4.79 Å². The highest BCUT2D eigenvalue weighted by Gasteiger charge is 2.10. The second kappa shape index (κ2) is 8.12. The molecule has 3 aromatic carbocycles. The maximum Gasteiger partial charge on any atom is 0.181 e. The predicted molar refractivity (Wildman–Crippen MR) is 119 cm³/mol. The van der Waals surface area contributed by atoms with Crippen molar-refractivity contribution in [1.82, 2.24) is 4.98 Å². The predicted octanol–water partition coefficient (Wildman–Crippen LogP) is 6.03. The summed E-state index contributed by atoms with van der Waals surface area (Å²) in [7, 11) is 1.60. The zero-order valence-corrected chi connectivity index (χ0v) is 17.5. The van der Waals surface area contributed by atoms with Gasteiger partial charge in [-0.1, -0.05) is 24.3 Å². The van der Waals surface area contributed by atoms with Gasteiger partial charge in [-0.15, -0.1) is 11.3 Å². The van der Waals surface area contributed by atoms with E-state index in [2.05, 4.69) is 27.3 Å². The number of para-hydroxylation sites is 1. The molecule has 4 nitrogen and oxygen atoms in total. The standard InChI is InChI=1S/C22H17BrN2O2S/c1-27-20-10-9-14(12-17(20)23)19(26)13-24-16-6-4-5-15(11-16)22-25-18-7-2-3-8-21(18)28-22/h2-12,24H,13H2,1H3. The molecule has 4 aromatic rings. The Morgan fingerprint density at radius 1 is 1.11 bits per heavy atom. The minimum atomic E-state index is 0.00810. The number of fused-ring (bicyclic) bond motifs is 1. The fourth-order valence-electron chi connectivity index (χ4n) is 2.88. The monoisotopic (exact) mass is 452 g/mol. The summed E-state index contributed by atoms with van der Waals surface area (Å²) in [5.74, 6) is 0.710. The number of hydrogen-bond acceptors (Lipinski definition) is 5. The number of nitrogens with one attached hydrogen (secondary N) is 1. The average Bonchev–Trinajstić information content (AvgIpc) is 3.16. The Labute approximate surface area is 175 Å². The van der Waals surface area contributed by atoms with Crippen molar-refractivity contribution < 1.29 is 9.53 Å². The van der Waals surface area contributed by atoms with Crippen LogP contribution in [0, 0.1) is 0 Å². The molecule has 0 bridgehead atoms. The number of aromatic nitrogens is 1. The fraction of sp³-hybridized carbons (Fsp3) is 0.0909. The summed E-state index contributed by atoms with van der Waals surface area (Å²) in [5, 5.41) is 4.18. The first kappa shape index (κ1) is 18.7. The molecule has 0 unspecified atom stereocenters. The Morgan fingerprint density at radius 3 is 2.75 bits per heavy atom. The highest BCUT2D eigenvalue weighted by atomic mass is 79.9. The van der Waals surface area contributed by atoms with Crippen LogP contribution in [0.3, 0.4) is 0 Å². The number of hydrogen-bond donors (Lipinski definition) is 1. The van der Waals surface area contributed by atoms with Gasteiger partial charge in [-0.25, -0.2) is 4.98 Å². The van der Waals surface area contributed by atoms with Crippen molar-refractivity contribution >= 4 is 49.0 Å². The van der Waals surface area contributed by atoms with E-state index in [1.165, 1.54) is 0 Å². The van der Waals surface area contributed by atoms with Crippen LogP contribution >= 0.6 is 27.3 Å². The molecule has 0 aliphatic heterocycles.